The van der Waals surface area contributed by atoms with Crippen LogP contribution in [0.4, 0.5) is 22.1 Å². The molecule has 4 aromatic rings. The maximum absolute atomic E-state index is 12.4. The van der Waals surface area contributed by atoms with Crippen LogP contribution >= 0.6 is 0 Å². The van der Waals surface area contributed by atoms with Crippen LogP contribution in [0.2, 0.25) is 0 Å². The maximum atomic E-state index is 12.4. The molecule has 2 amide bonds. The van der Waals surface area contributed by atoms with Crippen LogP contribution in [0.1, 0.15) is 13.8 Å². The Hall–Kier alpha value is -4.13. The van der Waals surface area contributed by atoms with Crippen LogP contribution in [-0.4, -0.2) is 29.2 Å². The molecule has 0 aliphatic rings. The van der Waals surface area contributed by atoms with E-state index in [1.807, 2.05) is 80.6 Å². The van der Waals surface area contributed by atoms with E-state index < -0.39 is 0 Å². The molecule has 7 nitrogen and oxygen atoms in total. The average Bonchev–Trinajstić information content (AvgIpc) is 2.78. The van der Waals surface area contributed by atoms with Crippen molar-refractivity contribution in [1.82, 2.24) is 9.97 Å². The zero-order chi connectivity index (χ0) is 22.5. The van der Waals surface area contributed by atoms with Crippen molar-refractivity contribution >= 4 is 34.3 Å². The summed E-state index contributed by atoms with van der Waals surface area (Å²) in [6.45, 7) is 4.08. The van der Waals surface area contributed by atoms with E-state index in [2.05, 4.69) is 25.9 Å². The topological polar surface area (TPSA) is 88.2 Å². The van der Waals surface area contributed by atoms with Crippen LogP contribution < -0.4 is 20.7 Å². The second-order valence-corrected chi connectivity index (χ2v) is 7.63. The van der Waals surface area contributed by atoms with Gasteiger partial charge in [-0.15, -0.1) is 0 Å². The lowest BCUT2D eigenvalue weighted by Gasteiger charge is -2.13. The fraction of sp³-hybridized carbons (Fsp3) is 0.160. The van der Waals surface area contributed by atoms with Crippen LogP contribution in [0.25, 0.3) is 22.0 Å². The maximum Gasteiger partial charge on any atom is 0.323 e. The molecule has 32 heavy (non-hydrogen) atoms. The van der Waals surface area contributed by atoms with Gasteiger partial charge in [0.15, 0.2) is 0 Å². The third kappa shape index (κ3) is 4.95. The molecule has 3 N–H and O–H groups in total. The number of fused-ring (bicyclic) bond motifs is 1. The molecule has 0 aliphatic carbocycles. The van der Waals surface area contributed by atoms with E-state index in [0.717, 1.165) is 27.7 Å². The number of benzene rings is 3. The van der Waals surface area contributed by atoms with E-state index in [-0.39, 0.29) is 12.1 Å². The number of nitrogens with one attached hydrogen (secondary N) is 3. The summed E-state index contributed by atoms with van der Waals surface area (Å²) in [7, 11) is 1.63. The predicted molar refractivity (Wildman–Crippen MR) is 129 cm³/mol. The average molecular weight is 428 g/mol. The first-order valence-electron chi connectivity index (χ1n) is 10.4. The third-order valence-electron chi connectivity index (χ3n) is 4.78. The molecule has 0 radical (unpaired) electrons. The first-order valence-corrected chi connectivity index (χ1v) is 10.4. The van der Waals surface area contributed by atoms with Crippen LogP contribution in [-0.2, 0) is 0 Å². The van der Waals surface area contributed by atoms with Gasteiger partial charge in [0.05, 0.1) is 12.6 Å². The fourth-order valence-electron chi connectivity index (χ4n) is 3.36. The first-order chi connectivity index (χ1) is 15.5. The Kier molecular flexibility index (Phi) is 6.17. The molecule has 0 atom stereocenters. The standard InChI is InChI=1S/C25H25N5O2/c1-16(2)27-24-26-15-18-13-21(23(32-3)14-22(18)30-24)17-8-7-11-20(12-17)29-25(31)28-19-9-5-4-6-10-19/h4-16H,1-3H3,(H,26,27,30)(H2,28,29,31). The van der Waals surface area contributed by atoms with Crippen molar-refractivity contribution in [3.05, 3.63) is 72.9 Å². The number of rotatable bonds is 6. The smallest absolute Gasteiger partial charge is 0.323 e. The van der Waals surface area contributed by atoms with Gasteiger partial charge in [-0.3, -0.25) is 0 Å². The van der Waals surface area contributed by atoms with Crippen molar-refractivity contribution < 1.29 is 9.53 Å². The molecular weight excluding hydrogens is 402 g/mol. The summed E-state index contributed by atoms with van der Waals surface area (Å²) in [6.07, 6.45) is 1.80. The number of hydrogen-bond acceptors (Lipinski definition) is 5. The van der Waals surface area contributed by atoms with Gasteiger partial charge in [0, 0.05) is 40.6 Å². The minimum absolute atomic E-state index is 0.239. The van der Waals surface area contributed by atoms with E-state index >= 15 is 0 Å². The van der Waals surface area contributed by atoms with Crippen LogP contribution in [0.15, 0.2) is 72.9 Å². The van der Waals surface area contributed by atoms with Crippen molar-refractivity contribution in [3.63, 3.8) is 0 Å². The lowest BCUT2D eigenvalue weighted by atomic mass is 10.0. The molecule has 0 saturated heterocycles. The lowest BCUT2D eigenvalue weighted by Crippen LogP contribution is -2.19. The van der Waals surface area contributed by atoms with Gasteiger partial charge in [-0.2, -0.15) is 0 Å². The number of urea groups is 1. The van der Waals surface area contributed by atoms with E-state index in [9.17, 15) is 4.79 Å². The summed E-state index contributed by atoms with van der Waals surface area (Å²) >= 11 is 0. The summed E-state index contributed by atoms with van der Waals surface area (Å²) < 4.78 is 5.65. The number of amides is 2. The van der Waals surface area contributed by atoms with Gasteiger partial charge < -0.3 is 20.7 Å². The summed E-state index contributed by atoms with van der Waals surface area (Å²) in [6, 6.07) is 20.7. The highest BCUT2D eigenvalue weighted by Crippen LogP contribution is 2.35. The quantitative estimate of drug-likeness (QED) is 0.364. The Balaban J connectivity index is 1.61. The number of ether oxygens (including phenoxy) is 1. The molecule has 0 saturated carbocycles. The Labute approximate surface area is 186 Å². The highest BCUT2D eigenvalue weighted by Gasteiger charge is 2.12. The van der Waals surface area contributed by atoms with Gasteiger partial charge in [0.2, 0.25) is 5.95 Å². The molecule has 0 unspecified atom stereocenters. The van der Waals surface area contributed by atoms with Crippen LogP contribution in [0.3, 0.4) is 0 Å². The Morgan fingerprint density at radius 3 is 2.44 bits per heavy atom. The van der Waals surface area contributed by atoms with Crippen molar-refractivity contribution in [2.45, 2.75) is 19.9 Å². The summed E-state index contributed by atoms with van der Waals surface area (Å²) in [5, 5.41) is 9.81. The second kappa shape index (κ2) is 9.34. The molecule has 1 heterocycles. The predicted octanol–water partition coefficient (Wildman–Crippen LogP) is 5.77. The molecule has 0 bridgehead atoms. The Morgan fingerprint density at radius 1 is 0.938 bits per heavy atom. The molecule has 0 aliphatic heterocycles. The molecular formula is C25H25N5O2. The number of nitrogens with zero attached hydrogens (tertiary/aromatic N) is 2. The number of methoxy groups -OCH3 is 1. The van der Waals surface area contributed by atoms with Gasteiger partial charge in [0.25, 0.3) is 0 Å². The minimum Gasteiger partial charge on any atom is -0.496 e. The largest absolute Gasteiger partial charge is 0.496 e. The number of aromatic nitrogens is 2. The molecule has 3 aromatic carbocycles. The van der Waals surface area contributed by atoms with Gasteiger partial charge in [-0.05, 0) is 49.7 Å². The van der Waals surface area contributed by atoms with Crippen molar-refractivity contribution in [2.24, 2.45) is 0 Å². The van der Waals surface area contributed by atoms with Crippen molar-refractivity contribution in [3.8, 4) is 16.9 Å². The highest BCUT2D eigenvalue weighted by atomic mass is 16.5. The van der Waals surface area contributed by atoms with Gasteiger partial charge >= 0.3 is 6.03 Å². The Morgan fingerprint density at radius 2 is 1.69 bits per heavy atom. The number of para-hydroxylation sites is 1. The fourth-order valence-corrected chi connectivity index (χ4v) is 3.36. The third-order valence-corrected chi connectivity index (χ3v) is 4.78. The van der Waals surface area contributed by atoms with Crippen LogP contribution in [0, 0.1) is 0 Å². The van der Waals surface area contributed by atoms with E-state index in [1.54, 1.807) is 13.3 Å². The van der Waals surface area contributed by atoms with Crippen molar-refractivity contribution in [1.29, 1.82) is 0 Å². The molecule has 0 fully saturated rings. The molecule has 7 heteroatoms. The van der Waals surface area contributed by atoms with Gasteiger partial charge in [0.1, 0.15) is 5.75 Å². The molecule has 4 rings (SSSR count). The lowest BCUT2D eigenvalue weighted by molar-refractivity contribution is 0.262. The number of anilines is 3. The molecule has 0 spiro atoms. The van der Waals surface area contributed by atoms with Crippen molar-refractivity contribution in [2.75, 3.05) is 23.1 Å². The van der Waals surface area contributed by atoms with E-state index in [4.69, 9.17) is 4.74 Å². The zero-order valence-corrected chi connectivity index (χ0v) is 18.2. The Bertz CT molecular complexity index is 1240. The minimum atomic E-state index is -0.308. The number of carbonyl (C=O) groups excluding carboxylic acids is 1. The monoisotopic (exact) mass is 427 g/mol. The summed E-state index contributed by atoms with van der Waals surface area (Å²) in [5.74, 6) is 1.27. The van der Waals surface area contributed by atoms with Crippen LogP contribution in [0.5, 0.6) is 5.75 Å². The zero-order valence-electron chi connectivity index (χ0n) is 18.2. The SMILES string of the molecule is COc1cc2nc(NC(C)C)ncc2cc1-c1cccc(NC(=O)Nc2ccccc2)c1. The molecule has 1 aromatic heterocycles. The first kappa shape index (κ1) is 21.1. The normalized spacial score (nSPS) is 10.8. The highest BCUT2D eigenvalue weighted by molar-refractivity contribution is 6.00. The summed E-state index contributed by atoms with van der Waals surface area (Å²) in [4.78, 5) is 21.4. The summed E-state index contributed by atoms with van der Waals surface area (Å²) in [5.41, 5.74) is 3.99. The number of carbonyl (C=O) groups is 1. The second-order valence-electron chi connectivity index (χ2n) is 7.63. The molecule has 162 valence electrons. The van der Waals surface area contributed by atoms with E-state index in [0.29, 0.717) is 17.4 Å². The van der Waals surface area contributed by atoms with E-state index in [1.165, 1.54) is 0 Å². The van der Waals surface area contributed by atoms with Gasteiger partial charge in [-0.1, -0.05) is 30.3 Å². The number of hydrogen-bond donors (Lipinski definition) is 3. The van der Waals surface area contributed by atoms with Gasteiger partial charge in [-0.25, -0.2) is 14.8 Å².